The number of nitrogens with zero attached hydrogens (tertiary/aromatic N) is 6. The standard InChI is InChI=1S/C36H35ClF2N6O5/c1-21-40-9-10-42(21)11-14-45-28-16-22(35(46)47-3)15-26(39)33(28)41-32(45)18-43-12-13-44(30-20-48-19-29(30)43)27-5-4-6-31-34(27)50-36(2,49-31)24-8-7-23(37)17-25(24)38/h4-10,15-17,29-30H,11-14,18-20H2,1-3H3/t29-,30+,36-/m0/s1. The Kier molecular flexibility index (Phi) is 8.16. The number of hydrogen-bond donors (Lipinski definition) is 0. The van der Waals surface area contributed by atoms with Gasteiger partial charge in [0.25, 0.3) is 5.79 Å². The number of para-hydroxylation sites is 1. The largest absolute Gasteiger partial charge is 0.465 e. The predicted molar refractivity (Wildman–Crippen MR) is 181 cm³/mol. The maximum atomic E-state index is 15.5. The topological polar surface area (TPSA) is 96.1 Å². The van der Waals surface area contributed by atoms with Crippen LogP contribution in [0, 0.1) is 18.6 Å². The number of piperazine rings is 1. The molecule has 0 amide bonds. The van der Waals surface area contributed by atoms with Gasteiger partial charge in [-0.25, -0.2) is 23.5 Å². The van der Waals surface area contributed by atoms with E-state index < -0.39 is 23.4 Å². The van der Waals surface area contributed by atoms with Gasteiger partial charge in [-0.05, 0) is 49.4 Å². The molecule has 11 nitrogen and oxygen atoms in total. The molecule has 5 aromatic rings. The highest BCUT2D eigenvalue weighted by atomic mass is 35.5. The Morgan fingerprint density at radius 3 is 2.68 bits per heavy atom. The normalized spacial score (nSPS) is 21.6. The molecular weight excluding hydrogens is 670 g/mol. The lowest BCUT2D eigenvalue weighted by Crippen LogP contribution is -2.59. The first-order valence-electron chi connectivity index (χ1n) is 16.4. The van der Waals surface area contributed by atoms with Crippen LogP contribution in [0.15, 0.2) is 60.9 Å². The Hall–Kier alpha value is -4.72. The summed E-state index contributed by atoms with van der Waals surface area (Å²) in [5.74, 6) is -0.495. The van der Waals surface area contributed by atoms with Crippen LogP contribution in [-0.2, 0) is 34.9 Å². The number of ether oxygens (including phenoxy) is 4. The molecule has 3 aromatic carbocycles. The van der Waals surface area contributed by atoms with Gasteiger partial charge in [-0.1, -0.05) is 17.7 Å². The second kappa shape index (κ2) is 12.6. The SMILES string of the molecule is COC(=O)c1cc(F)c2nc(CN3CCN(c4cccc5c4O[C@@](C)(c4ccc(Cl)cc4F)O5)[C@@H]4COC[C@@H]43)n(CCn3ccnc3C)c2c1. The van der Waals surface area contributed by atoms with Gasteiger partial charge in [0.2, 0.25) is 0 Å². The zero-order valence-electron chi connectivity index (χ0n) is 27.7. The Bertz CT molecular complexity index is 2120. The number of halogens is 3. The lowest BCUT2D eigenvalue weighted by molar-refractivity contribution is -0.0705. The molecule has 0 spiro atoms. The van der Waals surface area contributed by atoms with Gasteiger partial charge in [0.1, 0.15) is 23.0 Å². The van der Waals surface area contributed by atoms with Gasteiger partial charge in [0, 0.05) is 50.5 Å². The molecule has 2 aromatic heterocycles. The molecule has 0 bridgehead atoms. The molecule has 0 unspecified atom stereocenters. The van der Waals surface area contributed by atoms with Crippen LogP contribution in [0.1, 0.15) is 34.5 Å². The molecule has 14 heteroatoms. The van der Waals surface area contributed by atoms with E-state index in [-0.39, 0.29) is 33.7 Å². The number of hydrogen-bond acceptors (Lipinski definition) is 9. The van der Waals surface area contributed by atoms with Crippen molar-refractivity contribution in [3.63, 3.8) is 0 Å². The summed E-state index contributed by atoms with van der Waals surface area (Å²) in [6.45, 7) is 7.39. The van der Waals surface area contributed by atoms with Crippen LogP contribution in [0.25, 0.3) is 11.0 Å². The van der Waals surface area contributed by atoms with Crippen molar-refractivity contribution in [2.75, 3.05) is 38.3 Å². The summed E-state index contributed by atoms with van der Waals surface area (Å²) in [5.41, 5.74) is 1.93. The first kappa shape index (κ1) is 32.5. The zero-order valence-corrected chi connectivity index (χ0v) is 28.5. The van der Waals surface area contributed by atoms with Crippen LogP contribution >= 0.6 is 11.6 Å². The van der Waals surface area contributed by atoms with E-state index in [0.29, 0.717) is 68.8 Å². The van der Waals surface area contributed by atoms with Gasteiger partial charge in [-0.2, -0.15) is 0 Å². The quantitative estimate of drug-likeness (QED) is 0.189. The van der Waals surface area contributed by atoms with Crippen molar-refractivity contribution in [3.8, 4) is 11.5 Å². The van der Waals surface area contributed by atoms with Crippen LogP contribution in [0.4, 0.5) is 14.5 Å². The van der Waals surface area contributed by atoms with Crippen molar-refractivity contribution in [1.82, 2.24) is 24.0 Å². The molecule has 3 aliphatic rings. The van der Waals surface area contributed by atoms with E-state index in [1.165, 1.54) is 19.2 Å². The van der Waals surface area contributed by atoms with E-state index in [2.05, 4.69) is 14.8 Å². The van der Waals surface area contributed by atoms with Crippen molar-refractivity contribution < 1.29 is 32.5 Å². The number of carbonyl (C=O) groups is 1. The number of esters is 1. The summed E-state index contributed by atoms with van der Waals surface area (Å²) in [5, 5.41) is 0.288. The number of rotatable bonds is 8. The fraction of sp³-hybridized carbons (Fsp3) is 0.361. The highest BCUT2D eigenvalue weighted by Crippen LogP contribution is 2.51. The molecule has 3 atom stereocenters. The van der Waals surface area contributed by atoms with Gasteiger partial charge in [-0.15, -0.1) is 0 Å². The first-order valence-corrected chi connectivity index (χ1v) is 16.8. The summed E-state index contributed by atoms with van der Waals surface area (Å²) < 4.78 is 58.1. The zero-order chi connectivity index (χ0) is 34.7. The number of carbonyl (C=O) groups excluding carboxylic acids is 1. The number of aryl methyl sites for hydroxylation is 3. The van der Waals surface area contributed by atoms with E-state index in [4.69, 9.17) is 35.5 Å². The Morgan fingerprint density at radius 1 is 1.06 bits per heavy atom. The van der Waals surface area contributed by atoms with E-state index in [1.54, 1.807) is 31.3 Å². The fourth-order valence-electron chi connectivity index (χ4n) is 7.41. The second-order valence-electron chi connectivity index (χ2n) is 12.9. The molecule has 5 heterocycles. The monoisotopic (exact) mass is 704 g/mol. The van der Waals surface area contributed by atoms with Crippen LogP contribution in [0.2, 0.25) is 5.02 Å². The third-order valence-corrected chi connectivity index (χ3v) is 10.2. The van der Waals surface area contributed by atoms with Crippen molar-refractivity contribution >= 4 is 34.3 Å². The molecule has 2 fully saturated rings. The van der Waals surface area contributed by atoms with Gasteiger partial charge in [0.15, 0.2) is 17.3 Å². The minimum atomic E-state index is -1.38. The van der Waals surface area contributed by atoms with Crippen molar-refractivity contribution in [3.05, 3.63) is 100 Å². The molecule has 0 N–H and O–H groups in total. The van der Waals surface area contributed by atoms with E-state index in [1.807, 2.05) is 40.5 Å². The minimum absolute atomic E-state index is 0.0124. The smallest absolute Gasteiger partial charge is 0.338 e. The van der Waals surface area contributed by atoms with Crippen molar-refractivity contribution in [2.24, 2.45) is 0 Å². The number of aromatic nitrogens is 4. The highest BCUT2D eigenvalue weighted by molar-refractivity contribution is 6.30. The number of fused-ring (bicyclic) bond motifs is 3. The summed E-state index contributed by atoms with van der Waals surface area (Å²) in [4.78, 5) is 26.1. The molecular formula is C36H35ClF2N6O5. The van der Waals surface area contributed by atoms with Crippen molar-refractivity contribution in [1.29, 1.82) is 0 Å². The third-order valence-electron chi connectivity index (χ3n) is 9.95. The summed E-state index contributed by atoms with van der Waals surface area (Å²) >= 11 is 6.01. The molecule has 260 valence electrons. The Labute approximate surface area is 291 Å². The van der Waals surface area contributed by atoms with Crippen LogP contribution in [0.3, 0.4) is 0 Å². The molecule has 8 rings (SSSR count). The number of anilines is 1. The lowest BCUT2D eigenvalue weighted by Gasteiger charge is -2.44. The molecule has 50 heavy (non-hydrogen) atoms. The number of benzene rings is 3. The summed E-state index contributed by atoms with van der Waals surface area (Å²) in [6.07, 6.45) is 3.64. The average molecular weight is 705 g/mol. The Balaban J connectivity index is 1.08. The molecule has 0 aliphatic carbocycles. The van der Waals surface area contributed by atoms with E-state index in [9.17, 15) is 4.79 Å². The molecule has 0 saturated carbocycles. The van der Waals surface area contributed by atoms with Crippen LogP contribution in [-0.4, -0.2) is 75.5 Å². The average Bonchev–Trinajstić information content (AvgIpc) is 3.89. The highest BCUT2D eigenvalue weighted by Gasteiger charge is 2.46. The van der Waals surface area contributed by atoms with Gasteiger partial charge in [0.05, 0.1) is 61.3 Å². The predicted octanol–water partition coefficient (Wildman–Crippen LogP) is 5.69. The van der Waals surface area contributed by atoms with Gasteiger partial charge < -0.3 is 33.0 Å². The van der Waals surface area contributed by atoms with Crippen LogP contribution in [0.5, 0.6) is 11.5 Å². The van der Waals surface area contributed by atoms with Gasteiger partial charge >= 0.3 is 5.97 Å². The van der Waals surface area contributed by atoms with E-state index in [0.717, 1.165) is 11.5 Å². The minimum Gasteiger partial charge on any atom is -0.465 e. The lowest BCUT2D eigenvalue weighted by atomic mass is 10.0. The third kappa shape index (κ3) is 5.53. The first-order chi connectivity index (χ1) is 24.1. The maximum Gasteiger partial charge on any atom is 0.338 e. The van der Waals surface area contributed by atoms with E-state index >= 15 is 8.78 Å². The fourth-order valence-corrected chi connectivity index (χ4v) is 7.57. The molecule has 2 saturated heterocycles. The number of methoxy groups -OCH3 is 1. The van der Waals surface area contributed by atoms with Crippen LogP contribution < -0.4 is 14.4 Å². The summed E-state index contributed by atoms with van der Waals surface area (Å²) in [7, 11) is 1.27. The second-order valence-corrected chi connectivity index (χ2v) is 13.3. The molecule has 3 aliphatic heterocycles. The number of imidazole rings is 2. The van der Waals surface area contributed by atoms with Crippen molar-refractivity contribution in [2.45, 2.75) is 51.4 Å². The molecule has 0 radical (unpaired) electrons. The van der Waals surface area contributed by atoms with Gasteiger partial charge in [-0.3, -0.25) is 4.90 Å². The Morgan fingerprint density at radius 2 is 1.90 bits per heavy atom. The summed E-state index contributed by atoms with van der Waals surface area (Å²) in [6, 6.07) is 12.9. The maximum absolute atomic E-state index is 15.5.